The molecule has 0 aliphatic heterocycles. The fraction of sp³-hybridized carbons (Fsp3) is 0.0526. The molecule has 0 saturated carbocycles. The summed E-state index contributed by atoms with van der Waals surface area (Å²) in [6.07, 6.45) is 1.71. The topological polar surface area (TPSA) is 51.2 Å². The monoisotopic (exact) mass is 430 g/mol. The minimum Gasteiger partial charge on any atom is -0.489 e. The van der Waals surface area contributed by atoms with Crippen molar-refractivity contribution in [1.82, 2.24) is 4.98 Å². The first-order valence-corrected chi connectivity index (χ1v) is 8.48. The Hall–Kier alpha value is -2.41. The highest BCUT2D eigenvalue weighted by molar-refractivity contribution is 14.1. The number of nitrogens with one attached hydrogen (secondary N) is 1. The lowest BCUT2D eigenvalue weighted by atomic mass is 10.2. The predicted octanol–water partition coefficient (Wildman–Crippen LogP) is 4.52. The molecular formula is C19H15IN2O2. The number of ether oxygens (including phenoxy) is 1. The van der Waals surface area contributed by atoms with Crippen molar-refractivity contribution in [3.05, 3.63) is 87.6 Å². The van der Waals surface area contributed by atoms with Crippen LogP contribution in [0.25, 0.3) is 0 Å². The molecule has 2 aromatic carbocycles. The number of nitrogens with zero attached hydrogens (tertiary/aromatic N) is 1. The minimum atomic E-state index is -0.196. The van der Waals surface area contributed by atoms with Crippen LogP contribution in [0.5, 0.6) is 5.75 Å². The van der Waals surface area contributed by atoms with Crippen LogP contribution in [0.2, 0.25) is 0 Å². The van der Waals surface area contributed by atoms with Crippen molar-refractivity contribution in [3.63, 3.8) is 0 Å². The summed E-state index contributed by atoms with van der Waals surface area (Å²) in [5, 5.41) is 2.77. The molecule has 0 unspecified atom stereocenters. The lowest BCUT2D eigenvalue weighted by molar-refractivity contribution is 0.102. The van der Waals surface area contributed by atoms with E-state index in [4.69, 9.17) is 4.74 Å². The molecule has 5 heteroatoms. The highest BCUT2D eigenvalue weighted by Gasteiger charge is 2.07. The van der Waals surface area contributed by atoms with Gasteiger partial charge in [-0.2, -0.15) is 0 Å². The van der Waals surface area contributed by atoms with Crippen LogP contribution >= 0.6 is 22.6 Å². The average molecular weight is 430 g/mol. The summed E-state index contributed by atoms with van der Waals surface area (Å²) in [4.78, 5) is 16.4. The lowest BCUT2D eigenvalue weighted by Crippen LogP contribution is -2.12. The molecule has 0 atom stereocenters. The number of pyridine rings is 1. The van der Waals surface area contributed by atoms with Gasteiger partial charge in [0.15, 0.2) is 0 Å². The van der Waals surface area contributed by atoms with E-state index in [1.807, 2.05) is 36.4 Å². The Bertz CT molecular complexity index is 803. The maximum Gasteiger partial charge on any atom is 0.256 e. The molecule has 4 nitrogen and oxygen atoms in total. The Kier molecular flexibility index (Phi) is 5.43. The summed E-state index contributed by atoms with van der Waals surface area (Å²) in [6, 6.07) is 20.7. The summed E-state index contributed by atoms with van der Waals surface area (Å²) in [6.45, 7) is 0.499. The van der Waals surface area contributed by atoms with Gasteiger partial charge in [0.1, 0.15) is 18.2 Å². The first-order valence-electron chi connectivity index (χ1n) is 7.40. The van der Waals surface area contributed by atoms with Gasteiger partial charge in [0.25, 0.3) is 5.91 Å². The van der Waals surface area contributed by atoms with E-state index in [0.717, 1.165) is 14.9 Å². The van der Waals surface area contributed by atoms with Gasteiger partial charge in [0, 0.05) is 15.3 Å². The Labute approximate surface area is 154 Å². The molecule has 0 bridgehead atoms. The van der Waals surface area contributed by atoms with Crippen molar-refractivity contribution < 1.29 is 9.53 Å². The molecule has 1 N–H and O–H groups in total. The van der Waals surface area contributed by atoms with Gasteiger partial charge in [-0.15, -0.1) is 0 Å². The third-order valence-electron chi connectivity index (χ3n) is 3.33. The van der Waals surface area contributed by atoms with Gasteiger partial charge in [0.05, 0.1) is 0 Å². The van der Waals surface area contributed by atoms with Gasteiger partial charge in [-0.05, 0) is 64.6 Å². The van der Waals surface area contributed by atoms with Gasteiger partial charge in [-0.25, -0.2) is 4.98 Å². The quantitative estimate of drug-likeness (QED) is 0.606. The second-order valence-corrected chi connectivity index (χ2v) is 6.36. The van der Waals surface area contributed by atoms with E-state index >= 15 is 0 Å². The molecule has 24 heavy (non-hydrogen) atoms. The van der Waals surface area contributed by atoms with Crippen LogP contribution in [-0.2, 0) is 6.61 Å². The van der Waals surface area contributed by atoms with Crippen molar-refractivity contribution in [1.29, 1.82) is 0 Å². The Morgan fingerprint density at radius 2 is 1.75 bits per heavy atom. The van der Waals surface area contributed by atoms with E-state index in [1.165, 1.54) is 0 Å². The van der Waals surface area contributed by atoms with E-state index in [0.29, 0.717) is 18.0 Å². The van der Waals surface area contributed by atoms with E-state index in [1.54, 1.807) is 36.5 Å². The predicted molar refractivity (Wildman–Crippen MR) is 102 cm³/mol. The Morgan fingerprint density at radius 3 is 2.42 bits per heavy atom. The summed E-state index contributed by atoms with van der Waals surface area (Å²) in [5.74, 6) is 1.06. The summed E-state index contributed by atoms with van der Waals surface area (Å²) in [5.41, 5.74) is 1.66. The van der Waals surface area contributed by atoms with Crippen molar-refractivity contribution >= 4 is 34.3 Å². The van der Waals surface area contributed by atoms with Crippen LogP contribution in [0.1, 0.15) is 15.9 Å². The summed E-state index contributed by atoms with van der Waals surface area (Å²) >= 11 is 2.17. The summed E-state index contributed by atoms with van der Waals surface area (Å²) < 4.78 is 6.73. The van der Waals surface area contributed by atoms with Gasteiger partial charge in [0.2, 0.25) is 0 Å². The minimum absolute atomic E-state index is 0.196. The van der Waals surface area contributed by atoms with Crippen LogP contribution in [-0.4, -0.2) is 10.9 Å². The number of carbonyl (C=O) groups excluding carboxylic acids is 1. The third-order valence-corrected chi connectivity index (χ3v) is 3.97. The second-order valence-electron chi connectivity index (χ2n) is 5.11. The van der Waals surface area contributed by atoms with E-state index in [-0.39, 0.29) is 5.91 Å². The van der Waals surface area contributed by atoms with Crippen molar-refractivity contribution in [3.8, 4) is 5.75 Å². The zero-order chi connectivity index (χ0) is 16.8. The largest absolute Gasteiger partial charge is 0.489 e. The van der Waals surface area contributed by atoms with E-state index < -0.39 is 0 Å². The van der Waals surface area contributed by atoms with Crippen LogP contribution in [0.3, 0.4) is 0 Å². The molecule has 3 rings (SSSR count). The molecule has 0 aliphatic carbocycles. The number of anilines is 1. The van der Waals surface area contributed by atoms with E-state index in [2.05, 4.69) is 32.9 Å². The van der Waals surface area contributed by atoms with Gasteiger partial charge >= 0.3 is 0 Å². The van der Waals surface area contributed by atoms with Crippen LogP contribution in [0, 0.1) is 3.57 Å². The lowest BCUT2D eigenvalue weighted by Gasteiger charge is -2.08. The Balaban J connectivity index is 1.59. The van der Waals surface area contributed by atoms with Crippen molar-refractivity contribution in [2.45, 2.75) is 6.61 Å². The molecule has 0 fully saturated rings. The van der Waals surface area contributed by atoms with Gasteiger partial charge in [-0.3, -0.25) is 4.79 Å². The normalized spacial score (nSPS) is 10.2. The number of hydrogen-bond acceptors (Lipinski definition) is 3. The van der Waals surface area contributed by atoms with Crippen molar-refractivity contribution in [2.75, 3.05) is 5.32 Å². The smallest absolute Gasteiger partial charge is 0.256 e. The van der Waals surface area contributed by atoms with Gasteiger partial charge < -0.3 is 10.1 Å². The number of hydrogen-bond donors (Lipinski definition) is 1. The number of carbonyl (C=O) groups is 1. The maximum atomic E-state index is 12.2. The number of benzene rings is 2. The molecule has 3 aromatic rings. The number of amides is 1. The molecular weight excluding hydrogens is 415 g/mol. The van der Waals surface area contributed by atoms with Gasteiger partial charge in [-0.1, -0.05) is 30.3 Å². The molecule has 0 aliphatic rings. The molecule has 1 heterocycles. The highest BCUT2D eigenvalue weighted by atomic mass is 127. The van der Waals surface area contributed by atoms with Crippen molar-refractivity contribution in [2.24, 2.45) is 0 Å². The molecule has 0 radical (unpaired) electrons. The molecule has 1 aromatic heterocycles. The first-order chi connectivity index (χ1) is 11.7. The number of aromatic nitrogens is 1. The fourth-order valence-electron chi connectivity index (χ4n) is 2.08. The maximum absolute atomic E-state index is 12.2. The zero-order valence-corrected chi connectivity index (χ0v) is 14.9. The highest BCUT2D eigenvalue weighted by Crippen LogP contribution is 2.15. The first kappa shape index (κ1) is 16.4. The van der Waals surface area contributed by atoms with Crippen LogP contribution < -0.4 is 10.1 Å². The second kappa shape index (κ2) is 7.92. The SMILES string of the molecule is O=C(Nc1ccc(I)cn1)c1ccc(OCc2ccccc2)cc1. The third kappa shape index (κ3) is 4.55. The fourth-order valence-corrected chi connectivity index (χ4v) is 2.40. The summed E-state index contributed by atoms with van der Waals surface area (Å²) in [7, 11) is 0. The standard InChI is InChI=1S/C19H15IN2O2/c20-16-8-11-18(21-12-16)22-19(23)15-6-9-17(10-7-15)24-13-14-4-2-1-3-5-14/h1-12H,13H2,(H,21,22,23). The molecule has 0 saturated heterocycles. The Morgan fingerprint density at radius 1 is 1.00 bits per heavy atom. The number of rotatable bonds is 5. The van der Waals surface area contributed by atoms with Crippen LogP contribution in [0.4, 0.5) is 5.82 Å². The van der Waals surface area contributed by atoms with Crippen LogP contribution in [0.15, 0.2) is 72.9 Å². The average Bonchev–Trinajstić information content (AvgIpc) is 2.63. The zero-order valence-electron chi connectivity index (χ0n) is 12.8. The van der Waals surface area contributed by atoms with E-state index in [9.17, 15) is 4.79 Å². The molecule has 120 valence electrons. The molecule has 0 spiro atoms. The number of halogens is 1. The molecule has 1 amide bonds.